The molecule has 2 N–H and O–H groups in total. The minimum absolute atomic E-state index is 0.660. The van der Waals surface area contributed by atoms with Gasteiger partial charge in [0.25, 0.3) is 0 Å². The van der Waals surface area contributed by atoms with E-state index in [9.17, 15) is 0 Å². The van der Waals surface area contributed by atoms with Gasteiger partial charge in [0.15, 0.2) is 0 Å². The number of nitrogens with zero attached hydrogens (tertiary/aromatic N) is 3. The van der Waals surface area contributed by atoms with E-state index in [1.54, 1.807) is 0 Å². The van der Waals surface area contributed by atoms with Crippen molar-refractivity contribution in [2.24, 2.45) is 5.73 Å². The normalized spacial score (nSPS) is 18.5. The summed E-state index contributed by atoms with van der Waals surface area (Å²) in [5.74, 6) is 0. The summed E-state index contributed by atoms with van der Waals surface area (Å²) in [5.41, 5.74) is 10.8. The van der Waals surface area contributed by atoms with E-state index in [2.05, 4.69) is 12.3 Å². The molecule has 0 atom stereocenters. The van der Waals surface area contributed by atoms with Crippen LogP contribution in [-0.4, -0.2) is 30.3 Å². The Morgan fingerprint density at radius 1 is 1.64 bits per heavy atom. The van der Waals surface area contributed by atoms with E-state index < -0.39 is 0 Å². The molecule has 1 aliphatic rings. The monoisotopic (exact) mass is 155 g/mol. The Labute approximate surface area is 67.6 Å². The third-order valence-electron chi connectivity index (χ3n) is 1.66. The van der Waals surface area contributed by atoms with Gasteiger partial charge in [-0.05, 0) is 19.7 Å². The molecular formula is C7H15N4-. The second-order valence-corrected chi connectivity index (χ2v) is 2.52. The summed E-state index contributed by atoms with van der Waals surface area (Å²) < 4.78 is 0. The largest absolute Gasteiger partial charge is 0.604 e. The predicted octanol–water partition coefficient (Wildman–Crippen LogP) is 0.648. The Morgan fingerprint density at radius 3 is 2.82 bits per heavy atom. The standard InChI is InChI=1S/C7H15N4/c1-3-7-6-11(5-4-8)10(2)9-7/h6H,3-5,8H2,1-2H3/q-1. The molecule has 0 fully saturated rings. The van der Waals surface area contributed by atoms with E-state index in [4.69, 9.17) is 5.73 Å². The third-order valence-corrected chi connectivity index (χ3v) is 1.66. The zero-order valence-corrected chi connectivity index (χ0v) is 7.12. The van der Waals surface area contributed by atoms with Crippen LogP contribution in [0.15, 0.2) is 11.9 Å². The van der Waals surface area contributed by atoms with E-state index in [-0.39, 0.29) is 0 Å². The van der Waals surface area contributed by atoms with Crippen LogP contribution in [0.1, 0.15) is 13.3 Å². The topological polar surface area (TPSA) is 46.6 Å². The van der Waals surface area contributed by atoms with E-state index in [1.807, 2.05) is 23.4 Å². The lowest BCUT2D eigenvalue weighted by atomic mass is 10.4. The first kappa shape index (κ1) is 8.36. The molecule has 0 aromatic heterocycles. The van der Waals surface area contributed by atoms with Gasteiger partial charge in [-0.15, -0.1) is 5.70 Å². The van der Waals surface area contributed by atoms with Gasteiger partial charge in [-0.25, -0.2) is 0 Å². The molecular weight excluding hydrogens is 140 g/mol. The van der Waals surface area contributed by atoms with Crippen molar-refractivity contribution in [1.29, 1.82) is 0 Å². The Balaban J connectivity index is 2.46. The van der Waals surface area contributed by atoms with E-state index in [1.165, 1.54) is 0 Å². The molecule has 4 nitrogen and oxygen atoms in total. The van der Waals surface area contributed by atoms with Crippen LogP contribution in [0.3, 0.4) is 0 Å². The molecule has 0 saturated heterocycles. The van der Waals surface area contributed by atoms with Crippen molar-refractivity contribution in [3.8, 4) is 0 Å². The average molecular weight is 155 g/mol. The lowest BCUT2D eigenvalue weighted by Crippen LogP contribution is -2.32. The van der Waals surface area contributed by atoms with Crippen molar-refractivity contribution in [3.05, 3.63) is 17.3 Å². The molecule has 0 unspecified atom stereocenters. The van der Waals surface area contributed by atoms with Crippen LogP contribution in [0.5, 0.6) is 0 Å². The van der Waals surface area contributed by atoms with Crippen molar-refractivity contribution in [3.63, 3.8) is 0 Å². The minimum atomic E-state index is 0.660. The molecule has 1 heterocycles. The molecule has 11 heavy (non-hydrogen) atoms. The number of hydrogen-bond donors (Lipinski definition) is 1. The Hall–Kier alpha value is -0.740. The Morgan fingerprint density at radius 2 is 2.36 bits per heavy atom. The number of hydrogen-bond acceptors (Lipinski definition) is 3. The lowest BCUT2D eigenvalue weighted by Gasteiger charge is -2.35. The highest BCUT2D eigenvalue weighted by Gasteiger charge is 2.04. The molecule has 0 aromatic rings. The highest BCUT2D eigenvalue weighted by molar-refractivity contribution is 5.18. The van der Waals surface area contributed by atoms with Gasteiger partial charge >= 0.3 is 0 Å². The first-order chi connectivity index (χ1) is 5.27. The van der Waals surface area contributed by atoms with Crippen LogP contribution in [0, 0.1) is 0 Å². The van der Waals surface area contributed by atoms with Crippen LogP contribution in [0.25, 0.3) is 5.43 Å². The molecule has 0 bridgehead atoms. The molecule has 1 aliphatic heterocycles. The summed E-state index contributed by atoms with van der Waals surface area (Å²) in [5, 5.41) is 3.84. The van der Waals surface area contributed by atoms with E-state index in [0.717, 1.165) is 18.7 Å². The average Bonchev–Trinajstić information content (AvgIpc) is 2.33. The summed E-state index contributed by atoms with van der Waals surface area (Å²) in [7, 11) is 1.93. The van der Waals surface area contributed by atoms with Crippen molar-refractivity contribution in [2.75, 3.05) is 20.1 Å². The first-order valence-electron chi connectivity index (χ1n) is 3.90. The number of allylic oxidation sites excluding steroid dienone is 1. The number of hydrazine groups is 1. The fourth-order valence-electron chi connectivity index (χ4n) is 1.03. The quantitative estimate of drug-likeness (QED) is 0.651. The molecule has 0 spiro atoms. The molecule has 0 saturated carbocycles. The van der Waals surface area contributed by atoms with E-state index in [0.29, 0.717) is 6.54 Å². The van der Waals surface area contributed by atoms with E-state index >= 15 is 0 Å². The highest BCUT2D eigenvalue weighted by atomic mass is 15.8. The SMILES string of the molecule is CCC1=CN(CCN)N(C)[N-]1. The van der Waals surface area contributed by atoms with Gasteiger partial charge in [0.2, 0.25) is 0 Å². The maximum Gasteiger partial charge on any atom is 0.0449 e. The highest BCUT2D eigenvalue weighted by Crippen LogP contribution is 2.22. The molecule has 1 rings (SSSR count). The van der Waals surface area contributed by atoms with Gasteiger partial charge in [-0.3, -0.25) is 5.12 Å². The smallest absolute Gasteiger partial charge is 0.0449 e. The van der Waals surface area contributed by atoms with Crippen molar-refractivity contribution in [2.45, 2.75) is 13.3 Å². The molecule has 0 aliphatic carbocycles. The number of nitrogens with two attached hydrogens (primary N) is 1. The zero-order valence-electron chi connectivity index (χ0n) is 7.12. The maximum absolute atomic E-state index is 5.42. The van der Waals surface area contributed by atoms with Gasteiger partial charge in [-0.2, -0.15) is 0 Å². The third kappa shape index (κ3) is 1.85. The second-order valence-electron chi connectivity index (χ2n) is 2.52. The van der Waals surface area contributed by atoms with Crippen LogP contribution in [-0.2, 0) is 0 Å². The summed E-state index contributed by atoms with van der Waals surface area (Å²) >= 11 is 0. The van der Waals surface area contributed by atoms with Crippen LogP contribution < -0.4 is 5.73 Å². The summed E-state index contributed by atoms with van der Waals surface area (Å²) in [6.45, 7) is 3.59. The summed E-state index contributed by atoms with van der Waals surface area (Å²) in [6, 6.07) is 0. The molecule has 0 amide bonds. The van der Waals surface area contributed by atoms with Gasteiger partial charge in [-0.1, -0.05) is 6.92 Å². The Kier molecular flexibility index (Phi) is 2.73. The van der Waals surface area contributed by atoms with Gasteiger partial charge in [0.05, 0.1) is 0 Å². The van der Waals surface area contributed by atoms with Crippen LogP contribution in [0.4, 0.5) is 0 Å². The zero-order chi connectivity index (χ0) is 8.27. The van der Waals surface area contributed by atoms with Gasteiger partial charge in [0.1, 0.15) is 0 Å². The Bertz CT molecular complexity index is 155. The first-order valence-corrected chi connectivity index (χ1v) is 3.90. The minimum Gasteiger partial charge on any atom is -0.604 e. The molecule has 0 radical (unpaired) electrons. The van der Waals surface area contributed by atoms with Crippen LogP contribution >= 0.6 is 0 Å². The summed E-state index contributed by atoms with van der Waals surface area (Å²) in [4.78, 5) is 0. The predicted molar refractivity (Wildman–Crippen MR) is 45.3 cm³/mol. The van der Waals surface area contributed by atoms with Crippen LogP contribution in [0.2, 0.25) is 0 Å². The molecule has 4 heteroatoms. The fourth-order valence-corrected chi connectivity index (χ4v) is 1.03. The molecule has 0 aromatic carbocycles. The lowest BCUT2D eigenvalue weighted by molar-refractivity contribution is 0.117. The van der Waals surface area contributed by atoms with Crippen molar-refractivity contribution in [1.82, 2.24) is 10.1 Å². The number of rotatable bonds is 3. The van der Waals surface area contributed by atoms with Crippen molar-refractivity contribution >= 4 is 0 Å². The fraction of sp³-hybridized carbons (Fsp3) is 0.714. The van der Waals surface area contributed by atoms with Gasteiger partial charge in [0, 0.05) is 13.1 Å². The summed E-state index contributed by atoms with van der Waals surface area (Å²) in [6.07, 6.45) is 3.01. The van der Waals surface area contributed by atoms with Crippen molar-refractivity contribution < 1.29 is 0 Å². The maximum atomic E-state index is 5.42. The second kappa shape index (κ2) is 3.59. The molecule has 64 valence electrons. The van der Waals surface area contributed by atoms with Gasteiger partial charge < -0.3 is 16.2 Å².